The van der Waals surface area contributed by atoms with E-state index in [0.29, 0.717) is 29.8 Å². The maximum absolute atomic E-state index is 14.0. The molecule has 9 heteroatoms. The summed E-state index contributed by atoms with van der Waals surface area (Å²) in [5.41, 5.74) is 3.61. The van der Waals surface area contributed by atoms with Crippen molar-refractivity contribution < 1.29 is 14.3 Å². The molecule has 41 heavy (non-hydrogen) atoms. The number of hydrogen-bond donors (Lipinski definition) is 0. The first kappa shape index (κ1) is 28.5. The summed E-state index contributed by atoms with van der Waals surface area (Å²) in [5, 5.41) is 9.47. The number of ether oxygens (including phenoxy) is 1. The minimum Gasteiger partial charge on any atom is -0.462 e. The van der Waals surface area contributed by atoms with Gasteiger partial charge in [-0.25, -0.2) is 19.0 Å². The van der Waals surface area contributed by atoms with Gasteiger partial charge in [0.1, 0.15) is 5.56 Å². The summed E-state index contributed by atoms with van der Waals surface area (Å²) >= 11 is 0. The van der Waals surface area contributed by atoms with Crippen molar-refractivity contribution in [2.45, 2.75) is 66.2 Å². The molecule has 0 atom stereocenters. The fraction of sp³-hybridized carbons (Fsp3) is 0.469. The summed E-state index contributed by atoms with van der Waals surface area (Å²) in [6, 6.07) is 11.6. The van der Waals surface area contributed by atoms with Gasteiger partial charge < -0.3 is 4.74 Å². The zero-order valence-electron chi connectivity index (χ0n) is 24.5. The Morgan fingerprint density at radius 1 is 1.05 bits per heavy atom. The van der Waals surface area contributed by atoms with E-state index in [1.165, 1.54) is 0 Å². The highest BCUT2D eigenvalue weighted by Crippen LogP contribution is 2.33. The van der Waals surface area contributed by atoms with Crippen LogP contribution in [0, 0.1) is 17.8 Å². The van der Waals surface area contributed by atoms with Gasteiger partial charge in [0.25, 0.3) is 0 Å². The number of benzene rings is 1. The maximum Gasteiger partial charge on any atom is 0.343 e. The van der Waals surface area contributed by atoms with Gasteiger partial charge in [0.05, 0.1) is 18.0 Å². The molecule has 0 saturated heterocycles. The minimum absolute atomic E-state index is 0.0556. The standard InChI is InChI=1S/C32H40N6O3/c1-5-23(6-2)20-36(31(39)25-11-9-22(4)10-12-25)30-27(32(40)41-7-3)21-38(35-30)26-15-13-24(14-16-26)28-19-29-33-17-8-18-37(29)34-28/h8,13-19,21-23,25H,5-7,9-12,20H2,1-4H3. The Hall–Kier alpha value is -4.01. The van der Waals surface area contributed by atoms with Gasteiger partial charge in [-0.2, -0.15) is 5.10 Å². The molecule has 216 valence electrons. The van der Waals surface area contributed by atoms with Gasteiger partial charge in [0.15, 0.2) is 11.5 Å². The molecule has 0 radical (unpaired) electrons. The van der Waals surface area contributed by atoms with Crippen molar-refractivity contribution in [2.75, 3.05) is 18.1 Å². The van der Waals surface area contributed by atoms with E-state index in [4.69, 9.17) is 9.84 Å². The molecule has 1 fully saturated rings. The number of anilines is 1. The Morgan fingerprint density at radius 2 is 1.78 bits per heavy atom. The monoisotopic (exact) mass is 556 g/mol. The lowest BCUT2D eigenvalue weighted by atomic mass is 9.82. The van der Waals surface area contributed by atoms with Gasteiger partial charge in [-0.05, 0) is 62.6 Å². The fourth-order valence-electron chi connectivity index (χ4n) is 5.62. The number of nitrogens with zero attached hydrogens (tertiary/aromatic N) is 6. The zero-order chi connectivity index (χ0) is 28.9. The maximum atomic E-state index is 14.0. The summed E-state index contributed by atoms with van der Waals surface area (Å²) in [4.78, 5) is 33.3. The van der Waals surface area contributed by atoms with Crippen LogP contribution in [-0.4, -0.2) is 49.4 Å². The van der Waals surface area contributed by atoms with E-state index in [1.807, 2.05) is 42.6 Å². The lowest BCUT2D eigenvalue weighted by Crippen LogP contribution is -2.41. The molecule has 1 aromatic carbocycles. The van der Waals surface area contributed by atoms with Crippen molar-refractivity contribution in [3.05, 3.63) is 60.6 Å². The Kier molecular flexibility index (Phi) is 8.81. The number of rotatable bonds is 10. The van der Waals surface area contributed by atoms with Crippen LogP contribution >= 0.6 is 0 Å². The van der Waals surface area contributed by atoms with E-state index >= 15 is 0 Å². The predicted molar refractivity (Wildman–Crippen MR) is 159 cm³/mol. The van der Waals surface area contributed by atoms with Gasteiger partial charge >= 0.3 is 5.97 Å². The second-order valence-electron chi connectivity index (χ2n) is 11.1. The molecule has 4 aromatic rings. The highest BCUT2D eigenvalue weighted by molar-refractivity contribution is 6.02. The topological polar surface area (TPSA) is 94.6 Å². The number of fused-ring (bicyclic) bond motifs is 1. The first-order chi connectivity index (χ1) is 19.9. The Balaban J connectivity index is 1.50. The molecule has 1 aliphatic rings. The summed E-state index contributed by atoms with van der Waals surface area (Å²) in [6.07, 6.45) is 11.0. The van der Waals surface area contributed by atoms with Crippen molar-refractivity contribution >= 4 is 23.3 Å². The van der Waals surface area contributed by atoms with E-state index in [2.05, 4.69) is 30.9 Å². The van der Waals surface area contributed by atoms with Gasteiger partial charge in [-0.3, -0.25) is 9.69 Å². The van der Waals surface area contributed by atoms with Gasteiger partial charge in [0.2, 0.25) is 5.91 Å². The number of carbonyl (C=O) groups is 2. The average molecular weight is 557 g/mol. The molecular weight excluding hydrogens is 516 g/mol. The third-order valence-electron chi connectivity index (χ3n) is 8.34. The smallest absolute Gasteiger partial charge is 0.343 e. The first-order valence-corrected chi connectivity index (χ1v) is 14.9. The van der Waals surface area contributed by atoms with Crippen LogP contribution < -0.4 is 4.90 Å². The van der Waals surface area contributed by atoms with Gasteiger partial charge in [0, 0.05) is 42.7 Å². The highest BCUT2D eigenvalue weighted by atomic mass is 16.5. The number of carbonyl (C=O) groups excluding carboxylic acids is 2. The van der Waals surface area contributed by atoms with Crippen LogP contribution in [0.5, 0.6) is 0 Å². The highest BCUT2D eigenvalue weighted by Gasteiger charge is 2.34. The second kappa shape index (κ2) is 12.7. The van der Waals surface area contributed by atoms with Crippen LogP contribution in [0.1, 0.15) is 76.6 Å². The number of aromatic nitrogens is 5. The molecule has 0 unspecified atom stereocenters. The summed E-state index contributed by atoms with van der Waals surface area (Å²) < 4.78 is 8.84. The predicted octanol–water partition coefficient (Wildman–Crippen LogP) is 6.35. The Morgan fingerprint density at radius 3 is 2.44 bits per heavy atom. The molecule has 9 nitrogen and oxygen atoms in total. The lowest BCUT2D eigenvalue weighted by Gasteiger charge is -2.32. The van der Waals surface area contributed by atoms with E-state index in [9.17, 15) is 9.59 Å². The number of hydrogen-bond acceptors (Lipinski definition) is 6. The lowest BCUT2D eigenvalue weighted by molar-refractivity contribution is -0.123. The zero-order valence-corrected chi connectivity index (χ0v) is 24.5. The Labute approximate surface area is 241 Å². The third-order valence-corrected chi connectivity index (χ3v) is 8.34. The molecule has 1 saturated carbocycles. The van der Waals surface area contributed by atoms with Crippen molar-refractivity contribution in [1.29, 1.82) is 0 Å². The molecule has 0 N–H and O–H groups in total. The SMILES string of the molecule is CCOC(=O)c1cn(-c2ccc(-c3cc4ncccn4n3)cc2)nc1N(CC(CC)CC)C(=O)C1CCC(C)CC1. The van der Waals surface area contributed by atoms with Crippen LogP contribution in [0.3, 0.4) is 0 Å². The quantitative estimate of drug-likeness (QED) is 0.211. The molecule has 1 aliphatic carbocycles. The number of amides is 1. The van der Waals surface area contributed by atoms with Gasteiger partial charge in [-0.15, -0.1) is 5.10 Å². The van der Waals surface area contributed by atoms with Crippen LogP contribution in [-0.2, 0) is 9.53 Å². The van der Waals surface area contributed by atoms with Crippen molar-refractivity contribution in [3.8, 4) is 16.9 Å². The molecule has 0 aliphatic heterocycles. The van der Waals surface area contributed by atoms with E-state index in [-0.39, 0.29) is 18.4 Å². The average Bonchev–Trinajstić information content (AvgIpc) is 3.63. The van der Waals surface area contributed by atoms with Crippen molar-refractivity contribution in [2.24, 2.45) is 17.8 Å². The van der Waals surface area contributed by atoms with Crippen LogP contribution in [0.4, 0.5) is 5.82 Å². The van der Waals surface area contributed by atoms with E-state index in [1.54, 1.807) is 33.4 Å². The first-order valence-electron chi connectivity index (χ1n) is 14.9. The van der Waals surface area contributed by atoms with Crippen LogP contribution in [0.2, 0.25) is 0 Å². The molecule has 0 spiro atoms. The van der Waals surface area contributed by atoms with Crippen LogP contribution in [0.25, 0.3) is 22.6 Å². The molecule has 3 heterocycles. The second-order valence-corrected chi connectivity index (χ2v) is 11.1. The summed E-state index contributed by atoms with van der Waals surface area (Å²) in [5.74, 6) is 0.869. The Bertz CT molecular complexity index is 1450. The fourth-order valence-corrected chi connectivity index (χ4v) is 5.62. The normalized spacial score (nSPS) is 17.2. The van der Waals surface area contributed by atoms with E-state index < -0.39 is 5.97 Å². The molecule has 5 rings (SSSR count). The van der Waals surface area contributed by atoms with Crippen molar-refractivity contribution in [3.63, 3.8) is 0 Å². The summed E-state index contributed by atoms with van der Waals surface area (Å²) in [6.45, 7) is 9.09. The van der Waals surface area contributed by atoms with Crippen LogP contribution in [0.15, 0.2) is 55.0 Å². The largest absolute Gasteiger partial charge is 0.462 e. The third kappa shape index (κ3) is 6.19. The minimum atomic E-state index is -0.470. The van der Waals surface area contributed by atoms with Crippen molar-refractivity contribution in [1.82, 2.24) is 24.4 Å². The molecule has 0 bridgehead atoms. The molecule has 1 amide bonds. The van der Waals surface area contributed by atoms with E-state index in [0.717, 1.165) is 61.1 Å². The summed E-state index contributed by atoms with van der Waals surface area (Å²) in [7, 11) is 0. The molecular formula is C32H40N6O3. The molecule has 3 aromatic heterocycles. The number of esters is 1. The van der Waals surface area contributed by atoms with Gasteiger partial charge in [-0.1, -0.05) is 45.7 Å².